The number of amides is 1. The van der Waals surface area contributed by atoms with Crippen molar-refractivity contribution in [2.24, 2.45) is 0 Å². The van der Waals surface area contributed by atoms with Crippen LogP contribution in [-0.4, -0.2) is 23.6 Å². The lowest BCUT2D eigenvalue weighted by Gasteiger charge is -2.08. The topological polar surface area (TPSA) is 75.6 Å². The fraction of sp³-hybridized carbons (Fsp3) is 0.263. The minimum atomic E-state index is -0.962. The van der Waals surface area contributed by atoms with Crippen LogP contribution in [0.1, 0.15) is 34.8 Å². The zero-order valence-corrected chi connectivity index (χ0v) is 13.6. The van der Waals surface area contributed by atoms with Crippen molar-refractivity contribution in [1.29, 1.82) is 0 Å². The van der Waals surface area contributed by atoms with Crippen LogP contribution < -0.4 is 10.1 Å². The van der Waals surface area contributed by atoms with Gasteiger partial charge in [0.25, 0.3) is 0 Å². The highest BCUT2D eigenvalue weighted by molar-refractivity contribution is 5.87. The average molecular weight is 327 g/mol. The molecule has 0 aliphatic rings. The van der Waals surface area contributed by atoms with Gasteiger partial charge in [-0.3, -0.25) is 4.79 Å². The van der Waals surface area contributed by atoms with Crippen molar-refractivity contribution < 1.29 is 19.4 Å². The van der Waals surface area contributed by atoms with Gasteiger partial charge in [0.2, 0.25) is 5.91 Å². The first-order valence-electron chi connectivity index (χ1n) is 7.89. The van der Waals surface area contributed by atoms with Crippen LogP contribution >= 0.6 is 0 Å². The molecule has 1 amide bonds. The van der Waals surface area contributed by atoms with Gasteiger partial charge < -0.3 is 15.2 Å². The Labute approximate surface area is 141 Å². The first-order chi connectivity index (χ1) is 11.6. The van der Waals surface area contributed by atoms with Crippen molar-refractivity contribution in [3.63, 3.8) is 0 Å². The predicted molar refractivity (Wildman–Crippen MR) is 91.2 cm³/mol. The molecule has 2 rings (SSSR count). The number of hydrogen-bond acceptors (Lipinski definition) is 3. The number of hydrogen-bond donors (Lipinski definition) is 2. The third kappa shape index (κ3) is 5.43. The zero-order chi connectivity index (χ0) is 17.4. The predicted octanol–water partition coefficient (Wildman–Crippen LogP) is 3.03. The van der Waals surface area contributed by atoms with Crippen molar-refractivity contribution >= 4 is 11.9 Å². The number of carbonyl (C=O) groups excluding carboxylic acids is 1. The van der Waals surface area contributed by atoms with Gasteiger partial charge in [0.05, 0.1) is 18.6 Å². The number of ether oxygens (including phenoxy) is 1. The number of nitrogens with one attached hydrogen (secondary N) is 1. The molecule has 0 bridgehead atoms. The van der Waals surface area contributed by atoms with Crippen LogP contribution in [0, 0.1) is 0 Å². The highest BCUT2D eigenvalue weighted by Gasteiger charge is 2.06. The maximum absolute atomic E-state index is 12.0. The van der Waals surface area contributed by atoms with Gasteiger partial charge in [-0.05, 0) is 41.8 Å². The van der Waals surface area contributed by atoms with Gasteiger partial charge in [0.15, 0.2) is 0 Å². The summed E-state index contributed by atoms with van der Waals surface area (Å²) >= 11 is 0. The highest BCUT2D eigenvalue weighted by Crippen LogP contribution is 2.14. The van der Waals surface area contributed by atoms with Crippen LogP contribution in [0.25, 0.3) is 0 Å². The fourth-order valence-corrected chi connectivity index (χ4v) is 2.18. The molecule has 0 fully saturated rings. The monoisotopic (exact) mass is 327 g/mol. The standard InChI is InChI=1S/C19H21NO4/c1-2-10-24-17-5-3-4-15(11-17)12-18(21)20-13-14-6-8-16(9-7-14)19(22)23/h3-9,11H,2,10,12-13H2,1H3,(H,20,21)(H,22,23). The normalized spacial score (nSPS) is 10.2. The van der Waals surface area contributed by atoms with E-state index in [-0.39, 0.29) is 17.9 Å². The van der Waals surface area contributed by atoms with E-state index in [1.54, 1.807) is 12.1 Å². The van der Waals surface area contributed by atoms with Crippen LogP contribution in [0.15, 0.2) is 48.5 Å². The van der Waals surface area contributed by atoms with Crippen molar-refractivity contribution in [2.45, 2.75) is 26.3 Å². The molecule has 24 heavy (non-hydrogen) atoms. The largest absolute Gasteiger partial charge is 0.494 e. The van der Waals surface area contributed by atoms with Crippen molar-refractivity contribution in [2.75, 3.05) is 6.61 Å². The second-order valence-corrected chi connectivity index (χ2v) is 5.45. The fourth-order valence-electron chi connectivity index (χ4n) is 2.18. The molecule has 0 spiro atoms. The van der Waals surface area contributed by atoms with Crippen LogP contribution in [0.2, 0.25) is 0 Å². The molecule has 0 heterocycles. The van der Waals surface area contributed by atoms with Crippen molar-refractivity contribution in [1.82, 2.24) is 5.32 Å². The van der Waals surface area contributed by atoms with Gasteiger partial charge >= 0.3 is 5.97 Å². The number of carbonyl (C=O) groups is 2. The minimum Gasteiger partial charge on any atom is -0.494 e. The number of carboxylic acids is 1. The first-order valence-corrected chi connectivity index (χ1v) is 7.89. The summed E-state index contributed by atoms with van der Waals surface area (Å²) < 4.78 is 5.56. The van der Waals surface area contributed by atoms with Crippen LogP contribution in [0.4, 0.5) is 0 Å². The molecule has 2 aromatic rings. The number of carboxylic acid groups (broad SMARTS) is 1. The molecule has 2 N–H and O–H groups in total. The Morgan fingerprint density at radius 3 is 2.50 bits per heavy atom. The lowest BCUT2D eigenvalue weighted by molar-refractivity contribution is -0.120. The maximum atomic E-state index is 12.0. The Kier molecular flexibility index (Phi) is 6.37. The molecule has 126 valence electrons. The third-order valence-corrected chi connectivity index (χ3v) is 3.43. The molecule has 0 aliphatic heterocycles. The van der Waals surface area contributed by atoms with Crippen LogP contribution in [-0.2, 0) is 17.8 Å². The Balaban J connectivity index is 1.85. The van der Waals surface area contributed by atoms with E-state index in [0.717, 1.165) is 23.3 Å². The Hall–Kier alpha value is -2.82. The van der Waals surface area contributed by atoms with E-state index in [0.29, 0.717) is 13.2 Å². The Bertz CT molecular complexity index is 695. The van der Waals surface area contributed by atoms with E-state index < -0.39 is 5.97 Å². The molecule has 0 atom stereocenters. The molecule has 0 aromatic heterocycles. The van der Waals surface area contributed by atoms with E-state index >= 15 is 0 Å². The van der Waals surface area contributed by atoms with Gasteiger partial charge in [0.1, 0.15) is 5.75 Å². The highest BCUT2D eigenvalue weighted by atomic mass is 16.5. The summed E-state index contributed by atoms with van der Waals surface area (Å²) in [5.41, 5.74) is 1.98. The van der Waals surface area contributed by atoms with Crippen LogP contribution in [0.5, 0.6) is 5.75 Å². The molecule has 0 saturated heterocycles. The Morgan fingerprint density at radius 2 is 1.83 bits per heavy atom. The molecular formula is C19H21NO4. The number of aromatic carboxylic acids is 1. The van der Waals surface area contributed by atoms with Gasteiger partial charge in [-0.2, -0.15) is 0 Å². The second kappa shape index (κ2) is 8.72. The molecule has 5 nitrogen and oxygen atoms in total. The maximum Gasteiger partial charge on any atom is 0.335 e. The van der Waals surface area contributed by atoms with Crippen molar-refractivity contribution in [3.05, 3.63) is 65.2 Å². The molecule has 0 aliphatic carbocycles. The van der Waals surface area contributed by atoms with Gasteiger partial charge in [-0.1, -0.05) is 31.2 Å². The molecule has 2 aromatic carbocycles. The minimum absolute atomic E-state index is 0.0926. The summed E-state index contributed by atoms with van der Waals surface area (Å²) in [5.74, 6) is -0.285. The Morgan fingerprint density at radius 1 is 1.08 bits per heavy atom. The second-order valence-electron chi connectivity index (χ2n) is 5.45. The third-order valence-electron chi connectivity index (χ3n) is 3.43. The summed E-state index contributed by atoms with van der Waals surface area (Å²) in [7, 11) is 0. The summed E-state index contributed by atoms with van der Waals surface area (Å²) in [6, 6.07) is 14.0. The molecule has 0 saturated carbocycles. The number of benzene rings is 2. The molecule has 5 heteroatoms. The summed E-state index contributed by atoms with van der Waals surface area (Å²) in [6.07, 6.45) is 1.21. The quantitative estimate of drug-likeness (QED) is 0.781. The summed E-state index contributed by atoms with van der Waals surface area (Å²) in [5, 5.41) is 11.7. The van der Waals surface area contributed by atoms with Crippen molar-refractivity contribution in [3.8, 4) is 5.75 Å². The number of rotatable bonds is 8. The SMILES string of the molecule is CCCOc1cccc(CC(=O)NCc2ccc(C(=O)O)cc2)c1. The summed E-state index contributed by atoms with van der Waals surface area (Å²) in [6.45, 7) is 3.06. The van der Waals surface area contributed by atoms with E-state index in [2.05, 4.69) is 5.32 Å². The van der Waals surface area contributed by atoms with Gasteiger partial charge in [-0.15, -0.1) is 0 Å². The average Bonchev–Trinajstić information content (AvgIpc) is 2.59. The lowest BCUT2D eigenvalue weighted by atomic mass is 10.1. The smallest absolute Gasteiger partial charge is 0.335 e. The zero-order valence-electron chi connectivity index (χ0n) is 13.6. The van der Waals surface area contributed by atoms with E-state index in [4.69, 9.17) is 9.84 Å². The molecular weight excluding hydrogens is 306 g/mol. The van der Waals surface area contributed by atoms with Gasteiger partial charge in [0, 0.05) is 6.54 Å². The first kappa shape index (κ1) is 17.5. The van der Waals surface area contributed by atoms with E-state index in [1.807, 2.05) is 31.2 Å². The summed E-state index contributed by atoms with van der Waals surface area (Å²) in [4.78, 5) is 22.8. The lowest BCUT2D eigenvalue weighted by Crippen LogP contribution is -2.24. The molecule has 0 unspecified atom stereocenters. The molecule has 0 radical (unpaired) electrons. The van der Waals surface area contributed by atoms with E-state index in [9.17, 15) is 9.59 Å². The van der Waals surface area contributed by atoms with Gasteiger partial charge in [-0.25, -0.2) is 4.79 Å². The van der Waals surface area contributed by atoms with Crippen LogP contribution in [0.3, 0.4) is 0 Å². The van der Waals surface area contributed by atoms with E-state index in [1.165, 1.54) is 12.1 Å².